The molecule has 0 spiro atoms. The van der Waals surface area contributed by atoms with Crippen molar-refractivity contribution >= 4 is 17.6 Å². The number of hydrogen-bond acceptors (Lipinski definition) is 3. The summed E-state index contributed by atoms with van der Waals surface area (Å²) in [5, 5.41) is 3.11. The van der Waals surface area contributed by atoms with E-state index in [9.17, 15) is 9.59 Å². The summed E-state index contributed by atoms with van der Waals surface area (Å²) >= 11 is 0. The molecular weight excluding hydrogens is 448 g/mol. The maximum absolute atomic E-state index is 13.4. The Bertz CT molecular complexity index is 994. The second-order valence-corrected chi connectivity index (χ2v) is 12.8. The minimum atomic E-state index is -0.391. The van der Waals surface area contributed by atoms with E-state index in [-0.39, 0.29) is 11.9 Å². The molecule has 1 heterocycles. The number of carbonyl (C=O) groups excluding carboxylic acids is 2. The summed E-state index contributed by atoms with van der Waals surface area (Å²) in [5.74, 6) is 1.65. The van der Waals surface area contributed by atoms with Crippen LogP contribution < -0.4 is 5.32 Å². The first kappa shape index (κ1) is 26.7. The zero-order valence-corrected chi connectivity index (χ0v) is 23.5. The predicted octanol–water partition coefficient (Wildman–Crippen LogP) is 5.32. The summed E-state index contributed by atoms with van der Waals surface area (Å²) in [6, 6.07) is 6.04. The van der Waals surface area contributed by atoms with Crippen LogP contribution in [0.25, 0.3) is 0 Å². The number of para-hydroxylation sites is 1. The molecule has 6 nitrogen and oxygen atoms in total. The summed E-state index contributed by atoms with van der Waals surface area (Å²) in [6.07, 6.45) is 4.85. The van der Waals surface area contributed by atoms with Crippen LogP contribution in [0.2, 0.25) is 0 Å². The van der Waals surface area contributed by atoms with Gasteiger partial charge in [0.1, 0.15) is 0 Å². The molecule has 2 fully saturated rings. The normalized spacial score (nSPS) is 23.5. The number of piperazine rings is 1. The number of aryl methyl sites for hydroxylation is 2. The smallest absolute Gasteiger partial charge is 0.321 e. The largest absolute Gasteiger partial charge is 0.337 e. The first-order valence-electron chi connectivity index (χ1n) is 13.7. The lowest BCUT2D eigenvalue weighted by atomic mass is 9.49. The Morgan fingerprint density at radius 3 is 2.28 bits per heavy atom. The van der Waals surface area contributed by atoms with E-state index in [0.29, 0.717) is 24.4 Å². The Labute approximate surface area is 218 Å². The van der Waals surface area contributed by atoms with Crippen LogP contribution in [0.1, 0.15) is 58.6 Å². The molecule has 2 unspecified atom stereocenters. The number of urea groups is 1. The SMILES string of the molecule is Cc1cccc(C)c1NC(=O)N1CCN(CCN(CC2=CCC3CC2C3(C)C)C(=O)C(C)(C)C)CC1. The van der Waals surface area contributed by atoms with E-state index < -0.39 is 5.41 Å². The lowest BCUT2D eigenvalue weighted by Crippen LogP contribution is -2.53. The van der Waals surface area contributed by atoms with Crippen LogP contribution in [0.4, 0.5) is 10.5 Å². The standard InChI is InChI=1S/C30H46N4O2/c1-21-9-8-10-22(2)26(21)31-28(36)33-16-13-32(14-17-33)15-18-34(27(35)29(3,4)5)20-23-11-12-24-19-25(23)30(24,6)7/h8-11,24-25H,12-20H2,1-7H3,(H,31,36). The van der Waals surface area contributed by atoms with Crippen molar-refractivity contribution in [2.24, 2.45) is 22.7 Å². The predicted molar refractivity (Wildman–Crippen MR) is 147 cm³/mol. The molecule has 3 amide bonds. The van der Waals surface area contributed by atoms with E-state index in [1.165, 1.54) is 12.0 Å². The summed E-state index contributed by atoms with van der Waals surface area (Å²) in [4.78, 5) is 32.7. The van der Waals surface area contributed by atoms with Crippen molar-refractivity contribution in [3.05, 3.63) is 41.0 Å². The van der Waals surface area contributed by atoms with Crippen LogP contribution in [0.5, 0.6) is 0 Å². The van der Waals surface area contributed by atoms with Crippen molar-refractivity contribution in [3.63, 3.8) is 0 Å². The van der Waals surface area contributed by atoms with Crippen molar-refractivity contribution < 1.29 is 9.59 Å². The van der Waals surface area contributed by atoms with Gasteiger partial charge in [-0.25, -0.2) is 4.79 Å². The molecule has 6 heteroatoms. The van der Waals surface area contributed by atoms with Crippen LogP contribution in [0.15, 0.2) is 29.8 Å². The second kappa shape index (κ2) is 10.2. The molecule has 2 bridgehead atoms. The van der Waals surface area contributed by atoms with Gasteiger partial charge in [0.2, 0.25) is 5.91 Å². The number of fused-ring (bicyclic) bond motifs is 1. The topological polar surface area (TPSA) is 55.9 Å². The lowest BCUT2D eigenvalue weighted by Gasteiger charge is -2.57. The summed E-state index contributed by atoms with van der Waals surface area (Å²) in [7, 11) is 0. The summed E-state index contributed by atoms with van der Waals surface area (Å²) in [6.45, 7) is 20.3. The zero-order valence-electron chi connectivity index (χ0n) is 23.5. The van der Waals surface area contributed by atoms with E-state index >= 15 is 0 Å². The van der Waals surface area contributed by atoms with Gasteiger partial charge in [-0.15, -0.1) is 0 Å². The molecule has 0 aromatic heterocycles. The van der Waals surface area contributed by atoms with Gasteiger partial charge in [0.05, 0.1) is 0 Å². The molecule has 36 heavy (non-hydrogen) atoms. The van der Waals surface area contributed by atoms with Gasteiger partial charge < -0.3 is 15.1 Å². The first-order valence-corrected chi connectivity index (χ1v) is 13.7. The molecule has 1 saturated carbocycles. The third-order valence-corrected chi connectivity index (χ3v) is 8.94. The molecule has 3 aliphatic carbocycles. The molecule has 1 aromatic rings. The average molecular weight is 495 g/mol. The van der Waals surface area contributed by atoms with Crippen LogP contribution in [-0.2, 0) is 4.79 Å². The van der Waals surface area contributed by atoms with Crippen LogP contribution in [-0.4, -0.2) is 72.5 Å². The molecule has 198 valence electrons. The Morgan fingerprint density at radius 2 is 1.72 bits per heavy atom. The van der Waals surface area contributed by atoms with E-state index in [1.54, 1.807) is 0 Å². The van der Waals surface area contributed by atoms with E-state index in [4.69, 9.17) is 0 Å². The third kappa shape index (κ3) is 5.49. The Balaban J connectivity index is 1.31. The molecule has 1 aliphatic heterocycles. The van der Waals surface area contributed by atoms with Gasteiger partial charge >= 0.3 is 6.03 Å². The molecule has 5 rings (SSSR count). The van der Waals surface area contributed by atoms with Gasteiger partial charge in [-0.3, -0.25) is 9.69 Å². The lowest BCUT2D eigenvalue weighted by molar-refractivity contribution is -0.139. The number of rotatable bonds is 6. The summed E-state index contributed by atoms with van der Waals surface area (Å²) < 4.78 is 0. The second-order valence-electron chi connectivity index (χ2n) is 12.8. The zero-order chi connectivity index (χ0) is 26.3. The van der Waals surface area contributed by atoms with Crippen LogP contribution in [0, 0.1) is 36.5 Å². The number of carbonyl (C=O) groups is 2. The maximum atomic E-state index is 13.4. The highest BCUT2D eigenvalue weighted by Gasteiger charge is 2.51. The maximum Gasteiger partial charge on any atom is 0.321 e. The van der Waals surface area contributed by atoms with Gasteiger partial charge in [0.15, 0.2) is 0 Å². The Hall–Kier alpha value is -2.34. The Kier molecular flexibility index (Phi) is 7.57. The first-order chi connectivity index (χ1) is 16.9. The van der Waals surface area contributed by atoms with E-state index in [2.05, 4.69) is 35.0 Å². The van der Waals surface area contributed by atoms with Crippen molar-refractivity contribution in [2.75, 3.05) is 51.1 Å². The van der Waals surface area contributed by atoms with Crippen molar-refractivity contribution in [1.82, 2.24) is 14.7 Å². The molecule has 4 aliphatic rings. The van der Waals surface area contributed by atoms with Crippen LogP contribution >= 0.6 is 0 Å². The number of benzene rings is 1. The van der Waals surface area contributed by atoms with E-state index in [1.807, 2.05) is 57.7 Å². The van der Waals surface area contributed by atoms with Crippen molar-refractivity contribution in [1.29, 1.82) is 0 Å². The minimum Gasteiger partial charge on any atom is -0.337 e. The van der Waals surface area contributed by atoms with Crippen LogP contribution in [0.3, 0.4) is 0 Å². The minimum absolute atomic E-state index is 0.0257. The fraction of sp³-hybridized carbons (Fsp3) is 0.667. The Morgan fingerprint density at radius 1 is 1.08 bits per heavy atom. The third-order valence-electron chi connectivity index (χ3n) is 8.94. The highest BCUT2D eigenvalue weighted by atomic mass is 16.2. The number of hydrogen-bond donors (Lipinski definition) is 1. The number of anilines is 1. The van der Waals surface area contributed by atoms with E-state index in [0.717, 1.165) is 61.9 Å². The molecule has 2 atom stereocenters. The number of allylic oxidation sites excluding steroid dienone is 1. The van der Waals surface area contributed by atoms with Gasteiger partial charge in [-0.05, 0) is 55.1 Å². The molecule has 1 N–H and O–H groups in total. The van der Waals surface area contributed by atoms with Crippen molar-refractivity contribution in [2.45, 2.75) is 61.3 Å². The molecule has 0 radical (unpaired) electrons. The van der Waals surface area contributed by atoms with Crippen molar-refractivity contribution in [3.8, 4) is 0 Å². The highest BCUT2D eigenvalue weighted by Crippen LogP contribution is 2.59. The quantitative estimate of drug-likeness (QED) is 0.545. The van der Waals surface area contributed by atoms with Gasteiger partial charge in [-0.2, -0.15) is 0 Å². The molecule has 1 aromatic carbocycles. The van der Waals surface area contributed by atoms with Gasteiger partial charge in [0, 0.05) is 56.9 Å². The fourth-order valence-electron chi connectivity index (χ4n) is 6.24. The average Bonchev–Trinajstić information content (AvgIpc) is 2.83. The number of nitrogens with one attached hydrogen (secondary N) is 1. The van der Waals surface area contributed by atoms with Gasteiger partial charge in [-0.1, -0.05) is 64.5 Å². The highest BCUT2D eigenvalue weighted by molar-refractivity contribution is 5.91. The monoisotopic (exact) mass is 494 g/mol. The number of nitrogens with zero attached hydrogens (tertiary/aromatic N) is 3. The summed E-state index contributed by atoms with van der Waals surface area (Å²) in [5.41, 5.74) is 4.53. The molecular formula is C30H46N4O2. The van der Waals surface area contributed by atoms with Gasteiger partial charge in [0.25, 0.3) is 0 Å². The fourth-order valence-corrected chi connectivity index (χ4v) is 6.24. The molecule has 1 saturated heterocycles. The number of amides is 3.